The molecule has 0 aromatic carbocycles. The van der Waals surface area contributed by atoms with Crippen LogP contribution in [0.25, 0.3) is 0 Å². The van der Waals surface area contributed by atoms with Crippen molar-refractivity contribution >= 4 is 34.2 Å². The summed E-state index contributed by atoms with van der Waals surface area (Å²) in [6, 6.07) is 0. The highest BCUT2D eigenvalue weighted by molar-refractivity contribution is 14.1. The van der Waals surface area contributed by atoms with Crippen molar-refractivity contribution in [2.24, 2.45) is 0 Å². The summed E-state index contributed by atoms with van der Waals surface area (Å²) in [5.41, 5.74) is -0.0172. The number of hydrogen-bond acceptors (Lipinski definition) is 2. The minimum Gasteiger partial charge on any atom is -0.358 e. The SMILES string of the molecule is CC(C)(C)c1onc(Cl)c1I. The van der Waals surface area contributed by atoms with E-state index in [0.29, 0.717) is 5.15 Å². The Labute approximate surface area is 84.4 Å². The monoisotopic (exact) mass is 285 g/mol. The molecule has 1 aromatic heterocycles. The lowest BCUT2D eigenvalue weighted by Gasteiger charge is -2.13. The fourth-order valence-corrected chi connectivity index (χ4v) is 1.85. The molecule has 0 aliphatic heterocycles. The summed E-state index contributed by atoms with van der Waals surface area (Å²) in [6.07, 6.45) is 0. The average Bonchev–Trinajstić information content (AvgIpc) is 2.11. The van der Waals surface area contributed by atoms with Crippen LogP contribution in [-0.4, -0.2) is 5.16 Å². The van der Waals surface area contributed by atoms with Crippen LogP contribution >= 0.6 is 34.2 Å². The number of halogens is 2. The van der Waals surface area contributed by atoms with Gasteiger partial charge in [0, 0.05) is 5.41 Å². The van der Waals surface area contributed by atoms with Gasteiger partial charge < -0.3 is 4.52 Å². The Hall–Kier alpha value is 0.230. The van der Waals surface area contributed by atoms with Crippen molar-refractivity contribution in [1.29, 1.82) is 0 Å². The van der Waals surface area contributed by atoms with Crippen LogP contribution in [0.3, 0.4) is 0 Å². The molecule has 0 saturated carbocycles. The standard InChI is InChI=1S/C7H9ClINO/c1-7(2,3)5-4(9)6(8)10-11-5/h1-3H3. The van der Waals surface area contributed by atoms with E-state index in [1.54, 1.807) is 0 Å². The van der Waals surface area contributed by atoms with Gasteiger partial charge in [0.25, 0.3) is 0 Å². The van der Waals surface area contributed by atoms with Gasteiger partial charge in [0.15, 0.2) is 10.9 Å². The lowest BCUT2D eigenvalue weighted by atomic mass is 9.94. The van der Waals surface area contributed by atoms with Gasteiger partial charge in [-0.3, -0.25) is 0 Å². The van der Waals surface area contributed by atoms with E-state index in [2.05, 4.69) is 48.5 Å². The van der Waals surface area contributed by atoms with Gasteiger partial charge in [-0.15, -0.1) is 0 Å². The molecule has 0 N–H and O–H groups in total. The van der Waals surface area contributed by atoms with E-state index in [-0.39, 0.29) is 5.41 Å². The van der Waals surface area contributed by atoms with Crippen molar-refractivity contribution in [3.63, 3.8) is 0 Å². The lowest BCUT2D eigenvalue weighted by Crippen LogP contribution is -2.11. The smallest absolute Gasteiger partial charge is 0.185 e. The fourth-order valence-electron chi connectivity index (χ4n) is 0.726. The molecule has 0 aliphatic rings. The molecule has 2 nitrogen and oxygen atoms in total. The first-order valence-electron chi connectivity index (χ1n) is 3.24. The predicted molar refractivity (Wildman–Crippen MR) is 52.9 cm³/mol. The summed E-state index contributed by atoms with van der Waals surface area (Å²) >= 11 is 7.86. The second-order valence-electron chi connectivity index (χ2n) is 3.37. The molecule has 0 saturated heterocycles. The van der Waals surface area contributed by atoms with Crippen LogP contribution in [0.1, 0.15) is 26.5 Å². The average molecular weight is 286 g/mol. The quantitative estimate of drug-likeness (QED) is 0.684. The zero-order chi connectivity index (χ0) is 8.65. The molecule has 0 unspecified atom stereocenters. The molecular formula is C7H9ClINO. The van der Waals surface area contributed by atoms with Gasteiger partial charge in [-0.2, -0.15) is 0 Å². The lowest BCUT2D eigenvalue weighted by molar-refractivity contribution is 0.328. The second-order valence-corrected chi connectivity index (χ2v) is 4.80. The molecule has 0 amide bonds. The zero-order valence-electron chi connectivity index (χ0n) is 6.61. The molecule has 0 fully saturated rings. The summed E-state index contributed by atoms with van der Waals surface area (Å²) in [5.74, 6) is 0.850. The molecule has 0 radical (unpaired) electrons. The molecule has 1 rings (SSSR count). The van der Waals surface area contributed by atoms with Crippen molar-refractivity contribution in [2.45, 2.75) is 26.2 Å². The van der Waals surface area contributed by atoms with Gasteiger partial charge in [-0.05, 0) is 22.6 Å². The third-order valence-corrected chi connectivity index (χ3v) is 2.86. The summed E-state index contributed by atoms with van der Waals surface area (Å²) in [5, 5.41) is 4.12. The van der Waals surface area contributed by atoms with Crippen LogP contribution in [0.4, 0.5) is 0 Å². The predicted octanol–water partition coefficient (Wildman–Crippen LogP) is 3.23. The van der Waals surface area contributed by atoms with Crippen LogP contribution in [-0.2, 0) is 5.41 Å². The van der Waals surface area contributed by atoms with Crippen LogP contribution in [0.15, 0.2) is 4.52 Å². The van der Waals surface area contributed by atoms with E-state index >= 15 is 0 Å². The summed E-state index contributed by atoms with van der Waals surface area (Å²) in [4.78, 5) is 0. The van der Waals surface area contributed by atoms with Crippen LogP contribution in [0, 0.1) is 3.57 Å². The van der Waals surface area contributed by atoms with E-state index in [4.69, 9.17) is 16.1 Å². The summed E-state index contributed by atoms with van der Waals surface area (Å²) in [6.45, 7) is 6.18. The highest BCUT2D eigenvalue weighted by Gasteiger charge is 2.24. The third kappa shape index (κ3) is 1.87. The van der Waals surface area contributed by atoms with E-state index in [1.807, 2.05) is 0 Å². The molecule has 11 heavy (non-hydrogen) atoms. The molecular weight excluding hydrogens is 276 g/mol. The molecule has 1 aromatic rings. The van der Waals surface area contributed by atoms with Gasteiger partial charge in [0.1, 0.15) is 0 Å². The molecule has 62 valence electrons. The van der Waals surface area contributed by atoms with Gasteiger partial charge >= 0.3 is 0 Å². The topological polar surface area (TPSA) is 26.0 Å². The van der Waals surface area contributed by atoms with Crippen LogP contribution in [0.5, 0.6) is 0 Å². The fraction of sp³-hybridized carbons (Fsp3) is 0.571. The van der Waals surface area contributed by atoms with Gasteiger partial charge in [0.05, 0.1) is 3.57 Å². The molecule has 0 bridgehead atoms. The maximum absolute atomic E-state index is 5.72. The normalized spacial score (nSPS) is 12.1. The highest BCUT2D eigenvalue weighted by Crippen LogP contribution is 2.30. The molecule has 0 spiro atoms. The van der Waals surface area contributed by atoms with Gasteiger partial charge in [-0.25, -0.2) is 0 Å². The Kier molecular flexibility index (Phi) is 2.49. The Bertz CT molecular complexity index is 264. The van der Waals surface area contributed by atoms with Crippen molar-refractivity contribution in [3.05, 3.63) is 14.5 Å². The van der Waals surface area contributed by atoms with Crippen LogP contribution < -0.4 is 0 Å². The van der Waals surface area contributed by atoms with Gasteiger partial charge in [0.2, 0.25) is 0 Å². The molecule has 4 heteroatoms. The maximum atomic E-state index is 5.72. The zero-order valence-corrected chi connectivity index (χ0v) is 9.52. The molecule has 0 atom stereocenters. The first kappa shape index (κ1) is 9.32. The van der Waals surface area contributed by atoms with Crippen LogP contribution in [0.2, 0.25) is 5.15 Å². The van der Waals surface area contributed by atoms with Gasteiger partial charge in [-0.1, -0.05) is 37.5 Å². The maximum Gasteiger partial charge on any atom is 0.185 e. The van der Waals surface area contributed by atoms with E-state index in [0.717, 1.165) is 9.33 Å². The third-order valence-electron chi connectivity index (χ3n) is 1.28. The second kappa shape index (κ2) is 2.94. The van der Waals surface area contributed by atoms with Crippen molar-refractivity contribution in [2.75, 3.05) is 0 Å². The summed E-state index contributed by atoms with van der Waals surface area (Å²) in [7, 11) is 0. The van der Waals surface area contributed by atoms with Crippen molar-refractivity contribution in [3.8, 4) is 0 Å². The summed E-state index contributed by atoms with van der Waals surface area (Å²) < 4.78 is 5.98. The molecule has 0 aliphatic carbocycles. The largest absolute Gasteiger partial charge is 0.358 e. The first-order chi connectivity index (χ1) is 4.93. The number of hydrogen-bond donors (Lipinski definition) is 0. The van der Waals surface area contributed by atoms with Crippen molar-refractivity contribution in [1.82, 2.24) is 5.16 Å². The van der Waals surface area contributed by atoms with E-state index in [1.165, 1.54) is 0 Å². The first-order valence-corrected chi connectivity index (χ1v) is 4.69. The Morgan fingerprint density at radius 1 is 1.45 bits per heavy atom. The Balaban J connectivity index is 3.15. The minimum atomic E-state index is -0.0172. The number of aromatic nitrogens is 1. The van der Waals surface area contributed by atoms with Crippen molar-refractivity contribution < 1.29 is 4.52 Å². The van der Waals surface area contributed by atoms with E-state index < -0.39 is 0 Å². The highest BCUT2D eigenvalue weighted by atomic mass is 127. The number of rotatable bonds is 0. The molecule has 1 heterocycles. The minimum absolute atomic E-state index is 0.0172. The Morgan fingerprint density at radius 2 is 2.00 bits per heavy atom. The Morgan fingerprint density at radius 3 is 2.18 bits per heavy atom. The van der Waals surface area contributed by atoms with E-state index in [9.17, 15) is 0 Å². The number of nitrogens with zero attached hydrogens (tertiary/aromatic N) is 1.